The lowest BCUT2D eigenvalue weighted by molar-refractivity contribution is 0.0985. The second-order valence-electron chi connectivity index (χ2n) is 7.85. The highest BCUT2D eigenvalue weighted by Crippen LogP contribution is 2.33. The van der Waals surface area contributed by atoms with Gasteiger partial charge in [-0.2, -0.15) is 4.31 Å². The highest BCUT2D eigenvalue weighted by molar-refractivity contribution is 7.89. The molecule has 2 aliphatic heterocycles. The molecule has 1 aromatic heterocycles. The number of H-pyrrole nitrogens is 1. The Hall–Kier alpha value is -2.71. The van der Waals surface area contributed by atoms with Crippen LogP contribution in [0.4, 0.5) is 10.1 Å². The molecule has 2 aliphatic rings. The van der Waals surface area contributed by atoms with Crippen LogP contribution in [0.2, 0.25) is 0 Å². The summed E-state index contributed by atoms with van der Waals surface area (Å²) in [4.78, 5) is 18.0. The van der Waals surface area contributed by atoms with Crippen LogP contribution < -0.4 is 4.90 Å². The molecule has 0 radical (unpaired) electrons. The molecule has 5 rings (SSSR count). The predicted molar refractivity (Wildman–Crippen MR) is 113 cm³/mol. The third-order valence-corrected chi connectivity index (χ3v) is 7.88. The first-order chi connectivity index (χ1) is 14.4. The van der Waals surface area contributed by atoms with Crippen molar-refractivity contribution in [3.63, 3.8) is 0 Å². The van der Waals surface area contributed by atoms with Crippen molar-refractivity contribution in [1.82, 2.24) is 9.29 Å². The Morgan fingerprint density at radius 3 is 2.57 bits per heavy atom. The van der Waals surface area contributed by atoms with Gasteiger partial charge >= 0.3 is 0 Å². The van der Waals surface area contributed by atoms with Crippen LogP contribution in [-0.2, 0) is 16.4 Å². The van der Waals surface area contributed by atoms with Crippen molar-refractivity contribution in [2.75, 3.05) is 24.5 Å². The molecular formula is C22H22FN3O3S. The third kappa shape index (κ3) is 3.11. The van der Waals surface area contributed by atoms with Gasteiger partial charge in [-0.1, -0.05) is 12.5 Å². The highest BCUT2D eigenvalue weighted by atomic mass is 32.2. The molecule has 1 fully saturated rings. The average molecular weight is 428 g/mol. The summed E-state index contributed by atoms with van der Waals surface area (Å²) in [6, 6.07) is 11.2. The number of hydrogen-bond acceptors (Lipinski definition) is 3. The number of hydrogen-bond donors (Lipinski definition) is 1. The fourth-order valence-electron chi connectivity index (χ4n) is 4.38. The minimum atomic E-state index is -3.51. The number of halogens is 1. The summed E-state index contributed by atoms with van der Waals surface area (Å²) in [6.45, 7) is 1.57. The van der Waals surface area contributed by atoms with E-state index in [0.29, 0.717) is 48.3 Å². The Morgan fingerprint density at radius 2 is 1.80 bits per heavy atom. The number of anilines is 1. The number of nitrogens with one attached hydrogen (secondary N) is 1. The van der Waals surface area contributed by atoms with Crippen molar-refractivity contribution in [2.24, 2.45) is 0 Å². The molecular weight excluding hydrogens is 405 g/mol. The second kappa shape index (κ2) is 7.21. The SMILES string of the molecule is O=C(c1cc2c(F)cccc2[nH]1)N1CCc2cc(S(=O)(=O)N3CCCCC3)ccc21. The molecule has 0 unspecified atom stereocenters. The van der Waals surface area contributed by atoms with E-state index in [9.17, 15) is 17.6 Å². The molecule has 0 spiro atoms. The van der Waals surface area contributed by atoms with E-state index in [1.54, 1.807) is 39.5 Å². The van der Waals surface area contributed by atoms with E-state index in [1.165, 1.54) is 12.1 Å². The number of rotatable bonds is 3. The van der Waals surface area contributed by atoms with Crippen molar-refractivity contribution in [2.45, 2.75) is 30.6 Å². The molecule has 1 saturated heterocycles. The second-order valence-corrected chi connectivity index (χ2v) is 9.78. The number of aromatic nitrogens is 1. The van der Waals surface area contributed by atoms with Gasteiger partial charge in [-0.15, -0.1) is 0 Å². The molecule has 0 aliphatic carbocycles. The fourth-order valence-corrected chi connectivity index (χ4v) is 5.95. The van der Waals surface area contributed by atoms with Gasteiger partial charge in [0, 0.05) is 36.2 Å². The molecule has 0 saturated carbocycles. The monoisotopic (exact) mass is 427 g/mol. The molecule has 2 aromatic carbocycles. The van der Waals surface area contributed by atoms with E-state index in [-0.39, 0.29) is 16.6 Å². The number of amides is 1. The Bertz CT molecular complexity index is 1250. The van der Waals surface area contributed by atoms with E-state index < -0.39 is 10.0 Å². The predicted octanol–water partition coefficient (Wildman–Crippen LogP) is 3.68. The zero-order valence-electron chi connectivity index (χ0n) is 16.4. The molecule has 8 heteroatoms. The number of piperidine rings is 1. The summed E-state index contributed by atoms with van der Waals surface area (Å²) < 4.78 is 41.5. The van der Waals surface area contributed by atoms with Crippen LogP contribution in [0.5, 0.6) is 0 Å². The van der Waals surface area contributed by atoms with Gasteiger partial charge in [0.15, 0.2) is 0 Å². The number of carbonyl (C=O) groups excluding carboxylic acids is 1. The number of fused-ring (bicyclic) bond motifs is 2. The first-order valence-corrected chi connectivity index (χ1v) is 11.6. The van der Waals surface area contributed by atoms with Crippen LogP contribution in [0.15, 0.2) is 47.4 Å². The zero-order chi connectivity index (χ0) is 20.9. The van der Waals surface area contributed by atoms with Gasteiger partial charge in [-0.25, -0.2) is 12.8 Å². The number of sulfonamides is 1. The van der Waals surface area contributed by atoms with Crippen LogP contribution in [-0.4, -0.2) is 43.2 Å². The van der Waals surface area contributed by atoms with Crippen molar-refractivity contribution in [3.8, 4) is 0 Å². The molecule has 156 valence electrons. The number of carbonyl (C=O) groups is 1. The Morgan fingerprint density at radius 1 is 1.00 bits per heavy atom. The smallest absolute Gasteiger partial charge is 0.274 e. The van der Waals surface area contributed by atoms with Gasteiger partial charge in [0.1, 0.15) is 11.5 Å². The van der Waals surface area contributed by atoms with Crippen molar-refractivity contribution in [1.29, 1.82) is 0 Å². The summed E-state index contributed by atoms with van der Waals surface area (Å²) in [7, 11) is -3.51. The maximum atomic E-state index is 14.0. The highest BCUT2D eigenvalue weighted by Gasteiger charge is 2.31. The van der Waals surface area contributed by atoms with Crippen LogP contribution in [0, 0.1) is 5.82 Å². The molecule has 6 nitrogen and oxygen atoms in total. The standard InChI is InChI=1S/C22H22FN3O3S/c23-18-5-4-6-19-17(18)14-20(24-19)22(27)26-12-9-15-13-16(7-8-21(15)26)30(28,29)25-10-2-1-3-11-25/h4-8,13-14,24H,1-3,9-12H2. The lowest BCUT2D eigenvalue weighted by Gasteiger charge is -2.26. The van der Waals surface area contributed by atoms with E-state index in [1.807, 2.05) is 0 Å². The topological polar surface area (TPSA) is 73.5 Å². The van der Waals surface area contributed by atoms with Gasteiger partial charge in [-0.05, 0) is 61.2 Å². The molecule has 30 heavy (non-hydrogen) atoms. The fraction of sp³-hybridized carbons (Fsp3) is 0.318. The normalized spacial score (nSPS) is 17.4. The molecule has 3 aromatic rings. The van der Waals surface area contributed by atoms with Crippen molar-refractivity contribution < 1.29 is 17.6 Å². The Labute approximate surface area is 174 Å². The van der Waals surface area contributed by atoms with E-state index in [0.717, 1.165) is 24.8 Å². The summed E-state index contributed by atoms with van der Waals surface area (Å²) in [5, 5.41) is 0.378. The summed E-state index contributed by atoms with van der Waals surface area (Å²) >= 11 is 0. The van der Waals surface area contributed by atoms with Gasteiger partial charge in [0.25, 0.3) is 5.91 Å². The summed E-state index contributed by atoms with van der Waals surface area (Å²) in [5.41, 5.74) is 2.43. The minimum Gasteiger partial charge on any atom is -0.350 e. The van der Waals surface area contributed by atoms with E-state index >= 15 is 0 Å². The lowest BCUT2D eigenvalue weighted by Crippen LogP contribution is -2.35. The van der Waals surface area contributed by atoms with Crippen LogP contribution in [0.1, 0.15) is 35.3 Å². The quantitative estimate of drug-likeness (QED) is 0.693. The Kier molecular flexibility index (Phi) is 4.63. The van der Waals surface area contributed by atoms with E-state index in [4.69, 9.17) is 0 Å². The lowest BCUT2D eigenvalue weighted by atomic mass is 10.2. The van der Waals surface area contributed by atoms with Crippen LogP contribution in [0.25, 0.3) is 10.9 Å². The number of aromatic amines is 1. The first-order valence-electron chi connectivity index (χ1n) is 10.2. The maximum Gasteiger partial charge on any atom is 0.274 e. The third-order valence-electron chi connectivity index (χ3n) is 5.99. The molecule has 1 amide bonds. The largest absolute Gasteiger partial charge is 0.350 e. The summed E-state index contributed by atoms with van der Waals surface area (Å²) in [5.74, 6) is -0.631. The average Bonchev–Trinajstić information content (AvgIpc) is 3.38. The van der Waals surface area contributed by atoms with Crippen LogP contribution in [0.3, 0.4) is 0 Å². The van der Waals surface area contributed by atoms with Crippen LogP contribution >= 0.6 is 0 Å². The molecule has 0 bridgehead atoms. The van der Waals surface area contributed by atoms with Gasteiger partial charge in [0.05, 0.1) is 4.90 Å². The van der Waals surface area contributed by atoms with Crippen molar-refractivity contribution >= 4 is 32.5 Å². The van der Waals surface area contributed by atoms with Gasteiger partial charge in [0.2, 0.25) is 10.0 Å². The van der Waals surface area contributed by atoms with Gasteiger partial charge in [-0.3, -0.25) is 4.79 Å². The maximum absolute atomic E-state index is 14.0. The molecule has 1 N–H and O–H groups in total. The van der Waals surface area contributed by atoms with E-state index in [2.05, 4.69) is 4.98 Å². The zero-order valence-corrected chi connectivity index (χ0v) is 17.2. The Balaban J connectivity index is 1.44. The van der Waals surface area contributed by atoms with Gasteiger partial charge < -0.3 is 9.88 Å². The summed E-state index contributed by atoms with van der Waals surface area (Å²) in [6.07, 6.45) is 3.42. The molecule has 0 atom stereocenters. The van der Waals surface area contributed by atoms with Crippen molar-refractivity contribution in [3.05, 3.63) is 59.5 Å². The number of benzene rings is 2. The number of nitrogens with zero attached hydrogens (tertiary/aromatic N) is 2. The first kappa shape index (κ1) is 19.3. The minimum absolute atomic E-state index is 0.254. The molecule has 3 heterocycles.